The third-order valence-corrected chi connectivity index (χ3v) is 6.33. The van der Waals surface area contributed by atoms with Crippen LogP contribution in [0.3, 0.4) is 0 Å². The van der Waals surface area contributed by atoms with E-state index in [-0.39, 0.29) is 46.8 Å². The standard InChI is InChI=1S/C25H22ClF2N9O4/c1-4-41-22(38)15-7-18(28)17(27)5-13(15)10-36-23(30-20-6-14-9-34(2)32-19(14)8-16(20)26)31-24(39)37(25(36)40)11-21-29-12-35(3)33-21/h5-9,12H,4,10-11H2,1-3H3,(H,30,31,39). The van der Waals surface area contributed by atoms with Gasteiger partial charge in [0, 0.05) is 25.7 Å². The first-order valence-electron chi connectivity index (χ1n) is 12.1. The van der Waals surface area contributed by atoms with Crippen LogP contribution in [0.25, 0.3) is 10.9 Å². The molecule has 1 N–H and O–H groups in total. The van der Waals surface area contributed by atoms with Crippen LogP contribution >= 0.6 is 11.6 Å². The molecule has 3 heterocycles. The highest BCUT2D eigenvalue weighted by Gasteiger charge is 2.22. The van der Waals surface area contributed by atoms with Gasteiger partial charge in [0.05, 0.1) is 41.5 Å². The van der Waals surface area contributed by atoms with Gasteiger partial charge < -0.3 is 10.1 Å². The van der Waals surface area contributed by atoms with Crippen molar-refractivity contribution >= 4 is 40.1 Å². The van der Waals surface area contributed by atoms with E-state index in [9.17, 15) is 23.2 Å². The predicted octanol–water partition coefficient (Wildman–Crippen LogP) is 2.37. The first kappa shape index (κ1) is 27.6. The molecule has 0 saturated carbocycles. The molecule has 0 aliphatic heterocycles. The lowest BCUT2D eigenvalue weighted by Gasteiger charge is -2.17. The topological polar surface area (TPSA) is 144 Å². The lowest BCUT2D eigenvalue weighted by atomic mass is 10.1. The van der Waals surface area contributed by atoms with Crippen molar-refractivity contribution in [1.29, 1.82) is 0 Å². The largest absolute Gasteiger partial charge is 0.462 e. The van der Waals surface area contributed by atoms with E-state index in [1.54, 1.807) is 44.0 Å². The van der Waals surface area contributed by atoms with Crippen molar-refractivity contribution in [3.05, 3.63) is 91.4 Å². The van der Waals surface area contributed by atoms with Gasteiger partial charge in [0.25, 0.3) is 0 Å². The maximum Gasteiger partial charge on any atom is 0.355 e. The molecule has 16 heteroatoms. The Bertz CT molecular complexity index is 1930. The Morgan fingerprint density at radius 2 is 1.78 bits per heavy atom. The number of ether oxygens (including phenoxy) is 1. The van der Waals surface area contributed by atoms with E-state index in [0.717, 1.165) is 15.2 Å². The molecule has 0 aliphatic rings. The molecule has 0 spiro atoms. The molecule has 3 aromatic heterocycles. The summed E-state index contributed by atoms with van der Waals surface area (Å²) in [5.41, 5.74) is -1.33. The Balaban J connectivity index is 1.67. The molecule has 5 rings (SSSR count). The average molecular weight is 586 g/mol. The van der Waals surface area contributed by atoms with Crippen LogP contribution < -0.4 is 16.7 Å². The molecule has 5 aromatic rings. The van der Waals surface area contributed by atoms with Crippen LogP contribution in [-0.4, -0.2) is 51.2 Å². The number of nitrogens with one attached hydrogen (secondary N) is 1. The minimum atomic E-state index is -1.27. The second-order valence-electron chi connectivity index (χ2n) is 8.97. The monoisotopic (exact) mass is 585 g/mol. The number of rotatable bonds is 8. The Hall–Kier alpha value is -4.92. The smallest absolute Gasteiger partial charge is 0.355 e. The van der Waals surface area contributed by atoms with Gasteiger partial charge in [-0.1, -0.05) is 11.6 Å². The number of halogens is 3. The first-order valence-corrected chi connectivity index (χ1v) is 12.5. The molecule has 13 nitrogen and oxygen atoms in total. The lowest BCUT2D eigenvalue weighted by molar-refractivity contribution is 0.0524. The van der Waals surface area contributed by atoms with E-state index in [1.165, 1.54) is 11.0 Å². The van der Waals surface area contributed by atoms with Crippen LogP contribution in [-0.2, 0) is 31.9 Å². The fourth-order valence-electron chi connectivity index (χ4n) is 4.17. The van der Waals surface area contributed by atoms with Crippen LogP contribution in [0.1, 0.15) is 28.7 Å². The van der Waals surface area contributed by atoms with Gasteiger partial charge in [0.1, 0.15) is 6.33 Å². The summed E-state index contributed by atoms with van der Waals surface area (Å²) in [4.78, 5) is 47.4. The summed E-state index contributed by atoms with van der Waals surface area (Å²) >= 11 is 6.45. The van der Waals surface area contributed by atoms with Crippen LogP contribution in [0.5, 0.6) is 0 Å². The third kappa shape index (κ3) is 5.56. The van der Waals surface area contributed by atoms with Gasteiger partial charge in [0.15, 0.2) is 17.5 Å². The van der Waals surface area contributed by atoms with E-state index in [4.69, 9.17) is 16.3 Å². The number of aromatic nitrogens is 8. The van der Waals surface area contributed by atoms with E-state index in [0.29, 0.717) is 17.0 Å². The number of nitrogens with zero attached hydrogens (tertiary/aromatic N) is 8. The Morgan fingerprint density at radius 1 is 1.02 bits per heavy atom. The zero-order chi connectivity index (χ0) is 29.4. The van der Waals surface area contributed by atoms with E-state index in [1.807, 2.05) is 0 Å². The number of hydrogen-bond donors (Lipinski definition) is 1. The molecule has 0 radical (unpaired) electrons. The van der Waals surface area contributed by atoms with Gasteiger partial charge in [-0.15, -0.1) is 0 Å². The molecular formula is C25H22ClF2N9O4. The molecule has 0 aliphatic carbocycles. The van der Waals surface area contributed by atoms with Crippen molar-refractivity contribution in [1.82, 2.24) is 38.7 Å². The highest BCUT2D eigenvalue weighted by atomic mass is 35.5. The summed E-state index contributed by atoms with van der Waals surface area (Å²) < 4.78 is 38.2. The van der Waals surface area contributed by atoms with Crippen molar-refractivity contribution in [2.75, 3.05) is 11.9 Å². The second kappa shape index (κ2) is 10.9. The minimum absolute atomic E-state index is 0.0249. The number of anilines is 2. The average Bonchev–Trinajstić information content (AvgIpc) is 3.49. The molecule has 212 valence electrons. The van der Waals surface area contributed by atoms with Crippen molar-refractivity contribution in [3.63, 3.8) is 0 Å². The van der Waals surface area contributed by atoms with E-state index >= 15 is 0 Å². The molecule has 41 heavy (non-hydrogen) atoms. The van der Waals surface area contributed by atoms with E-state index < -0.39 is 35.5 Å². The summed E-state index contributed by atoms with van der Waals surface area (Å²) in [7, 11) is 3.35. The Labute approximate surface area is 234 Å². The molecule has 0 unspecified atom stereocenters. The fourth-order valence-corrected chi connectivity index (χ4v) is 4.38. The Kier molecular flexibility index (Phi) is 7.36. The highest BCUT2D eigenvalue weighted by Crippen LogP contribution is 2.29. The van der Waals surface area contributed by atoms with Gasteiger partial charge in [0.2, 0.25) is 5.95 Å². The first-order chi connectivity index (χ1) is 19.5. The number of esters is 1. The Morgan fingerprint density at radius 3 is 2.49 bits per heavy atom. The lowest BCUT2D eigenvalue weighted by Crippen LogP contribution is -2.43. The number of benzene rings is 2. The SMILES string of the molecule is CCOC(=O)c1cc(F)c(F)cc1Cn1c(Nc2cc3cn(C)nc3cc2Cl)nc(=O)n(Cc2ncn(C)n2)c1=O. The van der Waals surface area contributed by atoms with Crippen molar-refractivity contribution in [2.45, 2.75) is 20.0 Å². The quantitative estimate of drug-likeness (QED) is 0.271. The number of carbonyl (C=O) groups is 1. The van der Waals surface area contributed by atoms with Gasteiger partial charge in [-0.25, -0.2) is 32.7 Å². The van der Waals surface area contributed by atoms with Crippen LogP contribution in [0.4, 0.5) is 20.4 Å². The zero-order valence-electron chi connectivity index (χ0n) is 21.9. The third-order valence-electron chi connectivity index (χ3n) is 6.02. The second-order valence-corrected chi connectivity index (χ2v) is 9.38. The molecular weight excluding hydrogens is 564 g/mol. The summed E-state index contributed by atoms with van der Waals surface area (Å²) in [6.45, 7) is 0.708. The van der Waals surface area contributed by atoms with Gasteiger partial charge in [-0.3, -0.25) is 13.9 Å². The molecule has 0 fully saturated rings. The molecule has 0 bridgehead atoms. The van der Waals surface area contributed by atoms with Crippen LogP contribution in [0.2, 0.25) is 5.02 Å². The zero-order valence-corrected chi connectivity index (χ0v) is 22.7. The summed E-state index contributed by atoms with van der Waals surface area (Å²) in [5.74, 6) is -3.56. The summed E-state index contributed by atoms with van der Waals surface area (Å²) in [5, 5.41) is 12.2. The van der Waals surface area contributed by atoms with Crippen molar-refractivity contribution < 1.29 is 18.3 Å². The van der Waals surface area contributed by atoms with Crippen LogP contribution in [0, 0.1) is 11.6 Å². The van der Waals surface area contributed by atoms with Gasteiger partial charge in [-0.05, 0) is 36.8 Å². The molecule has 0 saturated heterocycles. The number of aryl methyl sites for hydroxylation is 2. The molecule has 0 amide bonds. The normalized spacial score (nSPS) is 11.3. The summed E-state index contributed by atoms with van der Waals surface area (Å²) in [6.07, 6.45) is 3.13. The maximum absolute atomic E-state index is 14.4. The van der Waals surface area contributed by atoms with Crippen molar-refractivity contribution in [3.8, 4) is 0 Å². The minimum Gasteiger partial charge on any atom is -0.462 e. The number of hydrogen-bond acceptors (Lipinski definition) is 9. The summed E-state index contributed by atoms with van der Waals surface area (Å²) in [6, 6.07) is 4.70. The van der Waals surface area contributed by atoms with Crippen molar-refractivity contribution in [2.24, 2.45) is 14.1 Å². The highest BCUT2D eigenvalue weighted by molar-refractivity contribution is 6.34. The number of carbonyl (C=O) groups excluding carboxylic acids is 1. The van der Waals surface area contributed by atoms with E-state index in [2.05, 4.69) is 25.5 Å². The number of fused-ring (bicyclic) bond motifs is 1. The van der Waals surface area contributed by atoms with Crippen LogP contribution in [0.15, 0.2) is 46.4 Å². The van der Waals surface area contributed by atoms with Gasteiger partial charge in [-0.2, -0.15) is 15.2 Å². The molecule has 0 atom stereocenters. The predicted molar refractivity (Wildman–Crippen MR) is 143 cm³/mol. The van der Waals surface area contributed by atoms with Gasteiger partial charge >= 0.3 is 17.3 Å². The molecule has 2 aromatic carbocycles. The fraction of sp³-hybridized carbons (Fsp3) is 0.240. The maximum atomic E-state index is 14.4.